The summed E-state index contributed by atoms with van der Waals surface area (Å²) in [5.41, 5.74) is 5.93. The molecule has 84 valence electrons. The predicted molar refractivity (Wildman–Crippen MR) is 61.5 cm³/mol. The third-order valence-electron chi connectivity index (χ3n) is 2.05. The topological polar surface area (TPSA) is 72.2 Å². The first kappa shape index (κ1) is 12.0. The minimum absolute atomic E-state index is 0.0784. The molecule has 0 spiro atoms. The summed E-state index contributed by atoms with van der Waals surface area (Å²) in [5.74, 6) is 0.0784. The van der Waals surface area contributed by atoms with Crippen molar-refractivity contribution in [3.63, 3.8) is 0 Å². The molecule has 0 unspecified atom stereocenters. The van der Waals surface area contributed by atoms with Crippen molar-refractivity contribution in [3.05, 3.63) is 24.3 Å². The fraction of sp³-hybridized carbons (Fsp3) is 0.400. The second kappa shape index (κ2) is 5.14. The highest BCUT2D eigenvalue weighted by Crippen LogP contribution is 2.18. The lowest BCUT2D eigenvalue weighted by Gasteiger charge is -2.07. The van der Waals surface area contributed by atoms with Gasteiger partial charge in [-0.15, -0.1) is 0 Å². The summed E-state index contributed by atoms with van der Waals surface area (Å²) in [7, 11) is -3.25. The Morgan fingerprint density at radius 1 is 1.33 bits per heavy atom. The average molecular weight is 228 g/mol. The summed E-state index contributed by atoms with van der Waals surface area (Å²) in [4.78, 5) is 0.225. The number of nitrogens with one attached hydrogen (secondary N) is 1. The summed E-state index contributed by atoms with van der Waals surface area (Å²) >= 11 is 0. The van der Waals surface area contributed by atoms with Gasteiger partial charge in [0.1, 0.15) is 0 Å². The molecule has 1 aromatic rings. The summed E-state index contributed by atoms with van der Waals surface area (Å²) in [5, 5.41) is 2.97. The Morgan fingerprint density at radius 2 is 2.00 bits per heavy atom. The zero-order valence-electron chi connectivity index (χ0n) is 8.73. The van der Waals surface area contributed by atoms with Crippen molar-refractivity contribution in [2.45, 2.75) is 11.8 Å². The number of para-hydroxylation sites is 1. The molecule has 0 atom stereocenters. The quantitative estimate of drug-likeness (QED) is 0.573. The Kier molecular flexibility index (Phi) is 4.11. The van der Waals surface area contributed by atoms with Gasteiger partial charge in [-0.05, 0) is 18.7 Å². The Hall–Kier alpha value is -1.07. The molecule has 3 N–H and O–H groups in total. The van der Waals surface area contributed by atoms with Crippen LogP contribution in [-0.4, -0.2) is 27.3 Å². The van der Waals surface area contributed by atoms with Crippen LogP contribution in [0, 0.1) is 0 Å². The number of benzene rings is 1. The van der Waals surface area contributed by atoms with Gasteiger partial charge in [0.2, 0.25) is 0 Å². The van der Waals surface area contributed by atoms with Crippen molar-refractivity contribution in [1.82, 2.24) is 5.32 Å². The largest absolute Gasteiger partial charge is 0.398 e. The lowest BCUT2D eigenvalue weighted by atomic mass is 10.3. The SMILES string of the molecule is CCNCCS(=O)(=O)c1ccccc1N. The molecule has 1 rings (SSSR count). The Morgan fingerprint density at radius 3 is 2.60 bits per heavy atom. The standard InChI is InChI=1S/C10H16N2O2S/c1-2-12-7-8-15(13,14)10-6-4-3-5-9(10)11/h3-6,12H,2,7-8,11H2,1H3. The van der Waals surface area contributed by atoms with E-state index in [0.29, 0.717) is 12.2 Å². The highest BCUT2D eigenvalue weighted by Gasteiger charge is 2.15. The molecule has 0 aromatic heterocycles. The van der Waals surface area contributed by atoms with Gasteiger partial charge in [0.05, 0.1) is 16.3 Å². The van der Waals surface area contributed by atoms with Gasteiger partial charge in [0, 0.05) is 6.54 Å². The van der Waals surface area contributed by atoms with Gasteiger partial charge in [-0.3, -0.25) is 0 Å². The van der Waals surface area contributed by atoms with E-state index in [1.165, 1.54) is 6.07 Å². The zero-order valence-corrected chi connectivity index (χ0v) is 9.55. The third-order valence-corrected chi connectivity index (χ3v) is 3.84. The molecule has 0 aliphatic heterocycles. The molecule has 0 aliphatic rings. The highest BCUT2D eigenvalue weighted by atomic mass is 32.2. The van der Waals surface area contributed by atoms with E-state index in [2.05, 4.69) is 5.32 Å². The number of nitrogens with two attached hydrogens (primary N) is 1. The molecule has 0 heterocycles. The normalized spacial score (nSPS) is 11.5. The molecule has 0 bridgehead atoms. The summed E-state index contributed by atoms with van der Waals surface area (Å²) in [6.45, 7) is 3.15. The Labute approximate surface area is 90.4 Å². The molecule has 5 heteroatoms. The van der Waals surface area contributed by atoms with Crippen LogP contribution in [0.1, 0.15) is 6.92 Å². The minimum atomic E-state index is -3.25. The fourth-order valence-corrected chi connectivity index (χ4v) is 2.60. The molecule has 1 aromatic carbocycles. The molecule has 0 amide bonds. The first-order valence-corrected chi connectivity index (χ1v) is 6.51. The van der Waals surface area contributed by atoms with E-state index >= 15 is 0 Å². The Balaban J connectivity index is 2.83. The molecule has 0 saturated carbocycles. The molecule has 0 radical (unpaired) electrons. The smallest absolute Gasteiger partial charge is 0.181 e. The zero-order chi connectivity index (χ0) is 11.3. The molecule has 0 fully saturated rings. The summed E-state index contributed by atoms with van der Waals surface area (Å²) < 4.78 is 23.6. The monoisotopic (exact) mass is 228 g/mol. The van der Waals surface area contributed by atoms with Crippen molar-refractivity contribution < 1.29 is 8.42 Å². The second-order valence-electron chi connectivity index (χ2n) is 3.21. The predicted octanol–water partition coefficient (Wildman–Crippen LogP) is 0.652. The van der Waals surface area contributed by atoms with E-state index in [1.54, 1.807) is 18.2 Å². The molecular weight excluding hydrogens is 212 g/mol. The maximum absolute atomic E-state index is 11.8. The molecular formula is C10H16N2O2S. The van der Waals surface area contributed by atoms with Gasteiger partial charge in [-0.2, -0.15) is 0 Å². The van der Waals surface area contributed by atoms with Crippen LogP contribution >= 0.6 is 0 Å². The second-order valence-corrected chi connectivity index (χ2v) is 5.29. The lowest BCUT2D eigenvalue weighted by molar-refractivity contribution is 0.592. The number of rotatable bonds is 5. The first-order chi connectivity index (χ1) is 7.08. The number of hydrogen-bond acceptors (Lipinski definition) is 4. The maximum atomic E-state index is 11.8. The summed E-state index contributed by atoms with van der Waals surface area (Å²) in [6, 6.07) is 6.53. The van der Waals surface area contributed by atoms with Crippen LogP contribution < -0.4 is 11.1 Å². The van der Waals surface area contributed by atoms with E-state index in [4.69, 9.17) is 5.73 Å². The van der Waals surface area contributed by atoms with Crippen LogP contribution in [0.5, 0.6) is 0 Å². The van der Waals surface area contributed by atoms with Crippen molar-refractivity contribution in [3.8, 4) is 0 Å². The van der Waals surface area contributed by atoms with Crippen molar-refractivity contribution in [1.29, 1.82) is 0 Å². The van der Waals surface area contributed by atoms with Crippen molar-refractivity contribution in [2.75, 3.05) is 24.6 Å². The van der Waals surface area contributed by atoms with Crippen LogP contribution in [0.2, 0.25) is 0 Å². The van der Waals surface area contributed by atoms with Crippen LogP contribution in [0.25, 0.3) is 0 Å². The summed E-state index contributed by atoms with van der Waals surface area (Å²) in [6.07, 6.45) is 0. The van der Waals surface area contributed by atoms with Crippen molar-refractivity contribution in [2.24, 2.45) is 0 Å². The van der Waals surface area contributed by atoms with Gasteiger partial charge in [0.15, 0.2) is 9.84 Å². The van der Waals surface area contributed by atoms with Crippen molar-refractivity contribution >= 4 is 15.5 Å². The molecule has 4 nitrogen and oxygen atoms in total. The fourth-order valence-electron chi connectivity index (χ4n) is 1.26. The number of sulfone groups is 1. The van der Waals surface area contributed by atoms with E-state index in [0.717, 1.165) is 6.54 Å². The first-order valence-electron chi connectivity index (χ1n) is 4.86. The maximum Gasteiger partial charge on any atom is 0.181 e. The molecule has 0 aliphatic carbocycles. The van der Waals surface area contributed by atoms with Crippen LogP contribution in [-0.2, 0) is 9.84 Å². The highest BCUT2D eigenvalue weighted by molar-refractivity contribution is 7.91. The lowest BCUT2D eigenvalue weighted by Crippen LogP contribution is -2.23. The average Bonchev–Trinajstić information content (AvgIpc) is 2.18. The molecule has 0 saturated heterocycles. The van der Waals surface area contributed by atoms with E-state index in [-0.39, 0.29) is 10.6 Å². The molecule has 15 heavy (non-hydrogen) atoms. The van der Waals surface area contributed by atoms with Gasteiger partial charge in [-0.1, -0.05) is 19.1 Å². The number of anilines is 1. The van der Waals surface area contributed by atoms with E-state index in [9.17, 15) is 8.42 Å². The van der Waals surface area contributed by atoms with Crippen LogP contribution in [0.15, 0.2) is 29.2 Å². The Bertz CT molecular complexity index is 415. The van der Waals surface area contributed by atoms with Crippen LogP contribution in [0.3, 0.4) is 0 Å². The van der Waals surface area contributed by atoms with Gasteiger partial charge >= 0.3 is 0 Å². The van der Waals surface area contributed by atoms with Gasteiger partial charge in [-0.25, -0.2) is 8.42 Å². The number of hydrogen-bond donors (Lipinski definition) is 2. The third kappa shape index (κ3) is 3.21. The van der Waals surface area contributed by atoms with E-state index < -0.39 is 9.84 Å². The van der Waals surface area contributed by atoms with Gasteiger partial charge in [0.25, 0.3) is 0 Å². The minimum Gasteiger partial charge on any atom is -0.398 e. The van der Waals surface area contributed by atoms with E-state index in [1.807, 2.05) is 6.92 Å². The van der Waals surface area contributed by atoms with Gasteiger partial charge < -0.3 is 11.1 Å². The van der Waals surface area contributed by atoms with Crippen LogP contribution in [0.4, 0.5) is 5.69 Å². The number of nitrogen functional groups attached to an aromatic ring is 1.